The van der Waals surface area contributed by atoms with Gasteiger partial charge in [-0.05, 0) is 40.6 Å². The molecule has 1 aliphatic heterocycles. The molecule has 9 heteroatoms. The maximum Gasteiger partial charge on any atom is 0.231 e. The number of aryl methyl sites for hydroxylation is 1. The summed E-state index contributed by atoms with van der Waals surface area (Å²) in [5.41, 5.74) is 5.49. The minimum absolute atomic E-state index is 1.05. The molecule has 0 aliphatic carbocycles. The van der Waals surface area contributed by atoms with Gasteiger partial charge in [0, 0.05) is 18.1 Å². The SMILES string of the molecule is [F][Sb-]([F])([F])([F])([F])[F].c1ccc(-c2cc3ccccc3c3[n+]2CCc2ccsc2-3)cc1. The van der Waals surface area contributed by atoms with Crippen molar-refractivity contribution >= 4 is 41.6 Å². The fourth-order valence-corrected chi connectivity index (χ4v) is 4.65. The summed E-state index contributed by atoms with van der Waals surface area (Å²) in [6.07, 6.45) is 1.12. The van der Waals surface area contributed by atoms with Crippen LogP contribution in [0.4, 0.5) is 16.9 Å². The van der Waals surface area contributed by atoms with E-state index in [-0.39, 0.29) is 0 Å². The van der Waals surface area contributed by atoms with Gasteiger partial charge in [-0.25, -0.2) is 0 Å². The maximum atomic E-state index is 9.93. The second-order valence-corrected chi connectivity index (χ2v) is 13.4. The number of fused-ring (bicyclic) bond motifs is 5. The predicted octanol–water partition coefficient (Wildman–Crippen LogP) is 7.22. The van der Waals surface area contributed by atoms with Crippen LogP contribution in [0.5, 0.6) is 0 Å². The van der Waals surface area contributed by atoms with Crippen molar-refractivity contribution < 1.29 is 21.4 Å². The number of halogens is 6. The quantitative estimate of drug-likeness (QED) is 0.134. The van der Waals surface area contributed by atoms with Crippen LogP contribution in [-0.4, -0.2) is 19.5 Å². The molecule has 30 heavy (non-hydrogen) atoms. The first-order chi connectivity index (χ1) is 13.9. The summed E-state index contributed by atoms with van der Waals surface area (Å²) < 4.78 is 62.1. The molecule has 1 nitrogen and oxygen atoms in total. The maximum absolute atomic E-state index is 11.2. The van der Waals surface area contributed by atoms with E-state index in [0.717, 1.165) is 13.0 Å². The van der Waals surface area contributed by atoms with E-state index in [4.69, 9.17) is 0 Å². The topological polar surface area (TPSA) is 3.88 Å². The third-order valence-corrected chi connectivity index (χ3v) is 5.67. The van der Waals surface area contributed by atoms with Crippen LogP contribution in [0.1, 0.15) is 5.56 Å². The van der Waals surface area contributed by atoms with Crippen molar-refractivity contribution in [2.24, 2.45) is 0 Å². The third kappa shape index (κ3) is 5.16. The van der Waals surface area contributed by atoms with Gasteiger partial charge in [-0.3, -0.25) is 0 Å². The van der Waals surface area contributed by atoms with Crippen molar-refractivity contribution in [3.05, 3.63) is 77.7 Å². The molecule has 0 radical (unpaired) electrons. The van der Waals surface area contributed by atoms with Gasteiger partial charge >= 0.3 is 36.4 Å². The first-order valence-corrected chi connectivity index (χ1v) is 15.7. The molecule has 0 fully saturated rings. The molecule has 0 amide bonds. The van der Waals surface area contributed by atoms with Gasteiger partial charge < -0.3 is 0 Å². The molecule has 0 bridgehead atoms. The van der Waals surface area contributed by atoms with E-state index < -0.39 is 19.5 Å². The van der Waals surface area contributed by atoms with Crippen molar-refractivity contribution in [2.45, 2.75) is 13.0 Å². The van der Waals surface area contributed by atoms with Crippen LogP contribution in [0.15, 0.2) is 72.1 Å². The molecule has 0 N–H and O–H groups in total. The van der Waals surface area contributed by atoms with Crippen molar-refractivity contribution in [1.82, 2.24) is 0 Å². The number of thiophene rings is 1. The van der Waals surface area contributed by atoms with Crippen LogP contribution in [-0.2, 0) is 13.0 Å². The summed E-state index contributed by atoms with van der Waals surface area (Å²) in [5, 5.41) is 4.90. The van der Waals surface area contributed by atoms with Gasteiger partial charge in [-0.2, -0.15) is 4.57 Å². The van der Waals surface area contributed by atoms with Crippen molar-refractivity contribution in [3.63, 3.8) is 0 Å². The minimum Gasteiger partial charge on any atom is -0.190 e. The molecule has 1 aliphatic rings. The number of aromatic nitrogens is 1. The second kappa shape index (κ2) is 6.72. The van der Waals surface area contributed by atoms with Crippen LogP contribution in [0.3, 0.4) is 0 Å². The fourth-order valence-electron chi connectivity index (χ4n) is 3.63. The monoisotopic (exact) mass is 549 g/mol. The number of benzene rings is 2. The molecule has 0 unspecified atom stereocenters. The average molecular weight is 550 g/mol. The number of hydrogen-bond acceptors (Lipinski definition) is 1. The Hall–Kier alpha value is -2.05. The van der Waals surface area contributed by atoms with Crippen LogP contribution < -0.4 is 4.57 Å². The molecule has 2 aromatic carbocycles. The van der Waals surface area contributed by atoms with Crippen LogP contribution >= 0.6 is 11.3 Å². The molecular weight excluding hydrogens is 534 g/mol. The van der Waals surface area contributed by atoms with Crippen molar-refractivity contribution in [2.75, 3.05) is 0 Å². The van der Waals surface area contributed by atoms with E-state index in [1.807, 2.05) is 11.3 Å². The summed E-state index contributed by atoms with van der Waals surface area (Å²) in [6.45, 7) is 1.05. The van der Waals surface area contributed by atoms with E-state index >= 15 is 0 Å². The van der Waals surface area contributed by atoms with Gasteiger partial charge in [0.15, 0.2) is 6.54 Å². The van der Waals surface area contributed by atoms with Crippen LogP contribution in [0.25, 0.3) is 32.6 Å². The average Bonchev–Trinajstić information content (AvgIpc) is 3.14. The van der Waals surface area contributed by atoms with E-state index in [9.17, 15) is 16.9 Å². The van der Waals surface area contributed by atoms with Gasteiger partial charge in [-0.1, -0.05) is 36.4 Å². The Balaban J connectivity index is 0.000000272. The standard InChI is InChI=1S/C21H16NS.6FH.Sb/c1-2-6-15(7-3-1)19-14-17-8-4-5-9-18(17)20-21-16(11-13-23-21)10-12-22(19)20;;;;;;;/h1-9,11,13-14H,10,12H2;6*1H;/q+1;;;;;;;+5/p-6. The Labute approximate surface area is 175 Å². The molecule has 0 spiro atoms. The van der Waals surface area contributed by atoms with Gasteiger partial charge in [0.25, 0.3) is 0 Å². The van der Waals surface area contributed by atoms with Crippen molar-refractivity contribution in [1.29, 1.82) is 0 Å². The number of hydrogen-bond donors (Lipinski definition) is 0. The summed E-state index contributed by atoms with van der Waals surface area (Å²) in [4.78, 5) is 1.44. The zero-order chi connectivity index (χ0) is 21.6. The Morgan fingerprint density at radius 1 is 0.800 bits per heavy atom. The van der Waals surface area contributed by atoms with Crippen LogP contribution in [0.2, 0.25) is 0 Å². The Kier molecular flexibility index (Phi) is 4.75. The number of pyridine rings is 1. The molecule has 5 rings (SSSR count). The summed E-state index contributed by atoms with van der Waals surface area (Å²) in [6, 6.07) is 24.1. The molecule has 4 aromatic rings. The largest absolute Gasteiger partial charge is 0.231 e. The molecule has 158 valence electrons. The van der Waals surface area contributed by atoms with Gasteiger partial charge in [0.05, 0.1) is 5.39 Å². The third-order valence-electron chi connectivity index (χ3n) is 4.70. The number of rotatable bonds is 1. The molecule has 3 heterocycles. The smallest absolute Gasteiger partial charge is 0.190 e. The molecule has 0 atom stereocenters. The van der Waals surface area contributed by atoms with Crippen LogP contribution in [0, 0.1) is 0 Å². The zero-order valence-corrected chi connectivity index (χ0v) is 18.8. The molecule has 2 aromatic heterocycles. The van der Waals surface area contributed by atoms with E-state index in [2.05, 4.69) is 76.7 Å². The van der Waals surface area contributed by atoms with E-state index in [1.54, 1.807) is 0 Å². The zero-order valence-electron chi connectivity index (χ0n) is 15.4. The summed E-state index contributed by atoms with van der Waals surface area (Å²) in [5.74, 6) is 0. The normalized spacial score (nSPS) is 15.3. The predicted molar refractivity (Wildman–Crippen MR) is 109 cm³/mol. The summed E-state index contributed by atoms with van der Waals surface area (Å²) in [7, 11) is 0. The fraction of sp³-hybridized carbons (Fsp3) is 0.0952. The second-order valence-electron chi connectivity index (χ2n) is 6.97. The van der Waals surface area contributed by atoms with Gasteiger partial charge in [-0.15, -0.1) is 11.3 Å². The molecule has 0 saturated carbocycles. The molecule has 0 saturated heterocycles. The Morgan fingerprint density at radius 2 is 1.43 bits per heavy atom. The Bertz CT molecular complexity index is 1220. The van der Waals surface area contributed by atoms with Gasteiger partial charge in [0.2, 0.25) is 11.4 Å². The molecular formula is C21H16F6NSSb. The first kappa shape index (κ1) is 21.2. The Morgan fingerprint density at radius 3 is 2.13 bits per heavy atom. The summed E-state index contributed by atoms with van der Waals surface area (Å²) >= 11 is -9.38. The van der Waals surface area contributed by atoms with Crippen molar-refractivity contribution in [3.8, 4) is 21.8 Å². The first-order valence-electron chi connectivity index (χ1n) is 9.01. The minimum atomic E-state index is -11.2. The van der Waals surface area contributed by atoms with E-state index in [0.29, 0.717) is 0 Å². The number of nitrogens with zero attached hydrogens (tertiary/aromatic N) is 1. The van der Waals surface area contributed by atoms with Gasteiger partial charge in [0.1, 0.15) is 4.88 Å². The van der Waals surface area contributed by atoms with E-state index in [1.165, 1.54) is 38.2 Å².